The molecule has 0 unspecified atom stereocenters. The molecule has 0 aliphatic heterocycles. The molecule has 0 spiro atoms. The maximum Gasteiger partial charge on any atom is 0.0784 e. The Hall–Kier alpha value is -0.340. The van der Waals surface area contributed by atoms with Gasteiger partial charge >= 0.3 is 0 Å². The normalized spacial score (nSPS) is 10.6. The van der Waals surface area contributed by atoms with E-state index in [1.165, 1.54) is 4.90 Å². The number of rotatable bonds is 2. The number of hydrogen-bond donors (Lipinski definition) is 0. The highest BCUT2D eigenvalue weighted by Gasteiger charge is 2.10. The second-order valence-electron chi connectivity index (χ2n) is 3.45. The number of benzene rings is 2. The van der Waals surface area contributed by atoms with Gasteiger partial charge in [-0.25, -0.2) is 0 Å². The third kappa shape index (κ3) is 2.74. The SMILES string of the molecule is CSc1ccc(-c2ccc(Cl)c(Cl)c2Cl)cc1. The van der Waals surface area contributed by atoms with Crippen molar-refractivity contribution in [3.63, 3.8) is 0 Å². The minimum Gasteiger partial charge on any atom is -0.130 e. The monoisotopic (exact) mass is 302 g/mol. The molecule has 0 saturated heterocycles. The van der Waals surface area contributed by atoms with Crippen molar-refractivity contribution < 1.29 is 0 Å². The van der Waals surface area contributed by atoms with Crippen molar-refractivity contribution in [2.45, 2.75) is 4.90 Å². The van der Waals surface area contributed by atoms with Gasteiger partial charge in [0.05, 0.1) is 15.1 Å². The molecule has 4 heteroatoms. The summed E-state index contributed by atoms with van der Waals surface area (Å²) in [5, 5.41) is 1.37. The molecule has 0 saturated carbocycles. The van der Waals surface area contributed by atoms with E-state index in [-0.39, 0.29) is 0 Å². The standard InChI is InChI=1S/C13H9Cl3S/c1-17-9-4-2-8(3-5-9)10-6-7-11(14)13(16)12(10)15/h2-7H,1H3. The van der Waals surface area contributed by atoms with Crippen LogP contribution in [0.3, 0.4) is 0 Å². The molecule has 0 radical (unpaired) electrons. The van der Waals surface area contributed by atoms with Crippen molar-refractivity contribution in [3.8, 4) is 11.1 Å². The molecule has 0 bridgehead atoms. The maximum atomic E-state index is 6.19. The molecule has 0 amide bonds. The topological polar surface area (TPSA) is 0 Å². The highest BCUT2D eigenvalue weighted by molar-refractivity contribution is 7.98. The van der Waals surface area contributed by atoms with Crippen LogP contribution >= 0.6 is 46.6 Å². The Morgan fingerprint density at radius 1 is 0.824 bits per heavy atom. The second kappa shape index (κ2) is 5.53. The van der Waals surface area contributed by atoms with E-state index in [0.717, 1.165) is 11.1 Å². The van der Waals surface area contributed by atoms with Crippen molar-refractivity contribution >= 4 is 46.6 Å². The first kappa shape index (κ1) is 13.1. The zero-order chi connectivity index (χ0) is 12.4. The average Bonchev–Trinajstić information content (AvgIpc) is 2.36. The van der Waals surface area contributed by atoms with Crippen LogP contribution in [0, 0.1) is 0 Å². The predicted octanol–water partition coefficient (Wildman–Crippen LogP) is 6.04. The molecule has 17 heavy (non-hydrogen) atoms. The van der Waals surface area contributed by atoms with Gasteiger partial charge in [0, 0.05) is 10.5 Å². The summed E-state index contributed by atoms with van der Waals surface area (Å²) in [6.45, 7) is 0. The van der Waals surface area contributed by atoms with Gasteiger partial charge in [-0.15, -0.1) is 11.8 Å². The number of thioether (sulfide) groups is 1. The van der Waals surface area contributed by atoms with E-state index in [1.54, 1.807) is 17.8 Å². The fourth-order valence-corrected chi connectivity index (χ4v) is 2.57. The third-order valence-electron chi connectivity index (χ3n) is 2.44. The highest BCUT2D eigenvalue weighted by atomic mass is 35.5. The van der Waals surface area contributed by atoms with Gasteiger partial charge in [-0.1, -0.05) is 53.0 Å². The van der Waals surface area contributed by atoms with Crippen LogP contribution in [-0.2, 0) is 0 Å². The summed E-state index contributed by atoms with van der Waals surface area (Å²) in [4.78, 5) is 1.21. The first-order valence-corrected chi connectivity index (χ1v) is 7.27. The lowest BCUT2D eigenvalue weighted by molar-refractivity contribution is 1.46. The second-order valence-corrected chi connectivity index (χ2v) is 5.49. The summed E-state index contributed by atoms with van der Waals surface area (Å²) in [5.41, 5.74) is 1.93. The Morgan fingerprint density at radius 3 is 2.06 bits per heavy atom. The van der Waals surface area contributed by atoms with Crippen LogP contribution in [0.5, 0.6) is 0 Å². The molecule has 2 rings (SSSR count). The molecule has 0 fully saturated rings. The molecule has 0 N–H and O–H groups in total. The molecule has 2 aromatic rings. The van der Waals surface area contributed by atoms with Crippen LogP contribution in [0.15, 0.2) is 41.3 Å². The van der Waals surface area contributed by atoms with Gasteiger partial charge in [0.25, 0.3) is 0 Å². The van der Waals surface area contributed by atoms with E-state index in [0.29, 0.717) is 15.1 Å². The number of halogens is 3. The average molecular weight is 304 g/mol. The van der Waals surface area contributed by atoms with Gasteiger partial charge in [-0.05, 0) is 30.0 Å². The Labute approximate surface area is 120 Å². The van der Waals surface area contributed by atoms with Crippen molar-refractivity contribution in [3.05, 3.63) is 51.5 Å². The van der Waals surface area contributed by atoms with Crippen molar-refractivity contribution in [1.82, 2.24) is 0 Å². The molecule has 0 heterocycles. The van der Waals surface area contributed by atoms with Crippen LogP contribution in [0.25, 0.3) is 11.1 Å². The van der Waals surface area contributed by atoms with Crippen LogP contribution < -0.4 is 0 Å². The third-order valence-corrected chi connectivity index (χ3v) is 4.47. The first-order chi connectivity index (χ1) is 8.13. The fourth-order valence-electron chi connectivity index (χ4n) is 1.52. The van der Waals surface area contributed by atoms with E-state index in [1.807, 2.05) is 24.5 Å². The summed E-state index contributed by atoms with van der Waals surface area (Å²) in [5.74, 6) is 0. The van der Waals surface area contributed by atoms with E-state index in [4.69, 9.17) is 34.8 Å². The Kier molecular flexibility index (Phi) is 4.26. The molecule has 2 aromatic carbocycles. The summed E-state index contributed by atoms with van der Waals surface area (Å²) in [6, 6.07) is 11.8. The summed E-state index contributed by atoms with van der Waals surface area (Å²) in [7, 11) is 0. The predicted molar refractivity (Wildman–Crippen MR) is 78.7 cm³/mol. The van der Waals surface area contributed by atoms with Crippen LogP contribution in [0.4, 0.5) is 0 Å². The van der Waals surface area contributed by atoms with Crippen LogP contribution in [0.1, 0.15) is 0 Å². The van der Waals surface area contributed by atoms with Crippen molar-refractivity contribution in [2.75, 3.05) is 6.26 Å². The maximum absolute atomic E-state index is 6.19. The van der Waals surface area contributed by atoms with E-state index >= 15 is 0 Å². The van der Waals surface area contributed by atoms with E-state index in [9.17, 15) is 0 Å². The molecular formula is C13H9Cl3S. The lowest BCUT2D eigenvalue weighted by Gasteiger charge is -2.08. The van der Waals surface area contributed by atoms with Gasteiger partial charge < -0.3 is 0 Å². The zero-order valence-electron chi connectivity index (χ0n) is 9.01. The zero-order valence-corrected chi connectivity index (χ0v) is 12.1. The van der Waals surface area contributed by atoms with Crippen molar-refractivity contribution in [2.24, 2.45) is 0 Å². The quantitative estimate of drug-likeness (QED) is 0.482. The molecule has 0 aliphatic rings. The van der Waals surface area contributed by atoms with Gasteiger partial charge in [0.2, 0.25) is 0 Å². The lowest BCUT2D eigenvalue weighted by atomic mass is 10.1. The van der Waals surface area contributed by atoms with Gasteiger partial charge in [0.1, 0.15) is 0 Å². The van der Waals surface area contributed by atoms with Gasteiger partial charge in [0.15, 0.2) is 0 Å². The lowest BCUT2D eigenvalue weighted by Crippen LogP contribution is -1.82. The Bertz CT molecular complexity index is 535. The molecule has 0 aromatic heterocycles. The van der Waals surface area contributed by atoms with Gasteiger partial charge in [-0.3, -0.25) is 0 Å². The summed E-state index contributed by atoms with van der Waals surface area (Å²) in [6.07, 6.45) is 2.04. The largest absolute Gasteiger partial charge is 0.130 e. The summed E-state index contributed by atoms with van der Waals surface area (Å²) >= 11 is 19.8. The smallest absolute Gasteiger partial charge is 0.0784 e. The molecular weight excluding hydrogens is 295 g/mol. The van der Waals surface area contributed by atoms with Gasteiger partial charge in [-0.2, -0.15) is 0 Å². The molecule has 0 atom stereocenters. The van der Waals surface area contributed by atoms with Crippen molar-refractivity contribution in [1.29, 1.82) is 0 Å². The highest BCUT2D eigenvalue weighted by Crippen LogP contribution is 2.38. The first-order valence-electron chi connectivity index (χ1n) is 4.91. The minimum absolute atomic E-state index is 0.403. The summed E-state index contributed by atoms with van der Waals surface area (Å²) < 4.78 is 0. The Balaban J connectivity index is 2.49. The van der Waals surface area contributed by atoms with E-state index in [2.05, 4.69) is 12.1 Å². The fraction of sp³-hybridized carbons (Fsp3) is 0.0769. The molecule has 0 aliphatic carbocycles. The number of hydrogen-bond acceptors (Lipinski definition) is 1. The Morgan fingerprint density at radius 2 is 1.47 bits per heavy atom. The van der Waals surface area contributed by atoms with Crippen LogP contribution in [-0.4, -0.2) is 6.26 Å². The van der Waals surface area contributed by atoms with E-state index < -0.39 is 0 Å². The molecule has 88 valence electrons. The van der Waals surface area contributed by atoms with Crippen LogP contribution in [0.2, 0.25) is 15.1 Å². The molecule has 0 nitrogen and oxygen atoms in total. The minimum atomic E-state index is 0.403.